The Balaban J connectivity index is 1.76. The zero-order valence-electron chi connectivity index (χ0n) is 16.0. The first-order valence-corrected chi connectivity index (χ1v) is 9.21. The molecule has 0 saturated heterocycles. The molecular formula is C23H20N4O2. The Bertz CT molecular complexity index is 1060. The first-order valence-electron chi connectivity index (χ1n) is 9.21. The maximum absolute atomic E-state index is 12.9. The molecule has 0 unspecified atom stereocenters. The molecule has 144 valence electrons. The van der Waals surface area contributed by atoms with Crippen LogP contribution in [0.4, 0.5) is 5.69 Å². The number of anilines is 1. The van der Waals surface area contributed by atoms with Gasteiger partial charge in [0.1, 0.15) is 5.69 Å². The summed E-state index contributed by atoms with van der Waals surface area (Å²) in [5, 5.41) is 11.7. The molecule has 1 aromatic heterocycles. The molecule has 29 heavy (non-hydrogen) atoms. The molecule has 0 bridgehead atoms. The van der Waals surface area contributed by atoms with Crippen molar-refractivity contribution in [3.8, 4) is 6.07 Å². The molecule has 0 aliphatic rings. The van der Waals surface area contributed by atoms with Crippen LogP contribution in [0, 0.1) is 11.3 Å². The Hall–Kier alpha value is -3.98. The lowest BCUT2D eigenvalue weighted by molar-refractivity contribution is 0.0746. The number of carbonyl (C=O) groups excluding carboxylic acids is 2. The first kappa shape index (κ1) is 19.8. The highest BCUT2D eigenvalue weighted by Gasteiger charge is 2.18. The summed E-state index contributed by atoms with van der Waals surface area (Å²) >= 11 is 0. The molecule has 0 fully saturated rings. The van der Waals surface area contributed by atoms with Crippen LogP contribution in [0.3, 0.4) is 0 Å². The van der Waals surface area contributed by atoms with Crippen LogP contribution in [0.1, 0.15) is 38.9 Å². The standard InChI is InChI=1S/C23H20N4O2/c1-2-27(16-17-7-4-3-5-8-17)23(29)21-14-19(11-12-25-21)22(28)26-20-10-6-9-18(13-20)15-24/h3-14H,2,16H2,1H3,(H,26,28). The van der Waals surface area contributed by atoms with Crippen molar-refractivity contribution in [2.45, 2.75) is 13.5 Å². The first-order chi connectivity index (χ1) is 14.1. The van der Waals surface area contributed by atoms with Crippen LogP contribution in [0.15, 0.2) is 72.9 Å². The molecular weight excluding hydrogens is 364 g/mol. The lowest BCUT2D eigenvalue weighted by Crippen LogP contribution is -2.31. The van der Waals surface area contributed by atoms with Crippen molar-refractivity contribution in [2.75, 3.05) is 11.9 Å². The van der Waals surface area contributed by atoms with Gasteiger partial charge in [-0.2, -0.15) is 5.26 Å². The summed E-state index contributed by atoms with van der Waals surface area (Å²) < 4.78 is 0. The Morgan fingerprint density at radius 3 is 2.59 bits per heavy atom. The quantitative estimate of drug-likeness (QED) is 0.699. The fraction of sp³-hybridized carbons (Fsp3) is 0.130. The number of rotatable bonds is 6. The lowest BCUT2D eigenvalue weighted by atomic mass is 10.1. The molecule has 0 aliphatic heterocycles. The van der Waals surface area contributed by atoms with Crippen LogP contribution in [0.25, 0.3) is 0 Å². The highest BCUT2D eigenvalue weighted by Crippen LogP contribution is 2.14. The van der Waals surface area contributed by atoms with Crippen molar-refractivity contribution in [3.63, 3.8) is 0 Å². The van der Waals surface area contributed by atoms with Gasteiger partial charge in [-0.1, -0.05) is 36.4 Å². The van der Waals surface area contributed by atoms with E-state index in [1.807, 2.05) is 43.3 Å². The molecule has 3 rings (SSSR count). The number of nitrogens with zero attached hydrogens (tertiary/aromatic N) is 3. The molecule has 0 spiro atoms. The summed E-state index contributed by atoms with van der Waals surface area (Å²) in [5.74, 6) is -0.611. The average molecular weight is 384 g/mol. The van der Waals surface area contributed by atoms with E-state index in [1.165, 1.54) is 12.3 Å². The number of aromatic nitrogens is 1. The van der Waals surface area contributed by atoms with Crippen LogP contribution in [-0.2, 0) is 6.54 Å². The van der Waals surface area contributed by atoms with Crippen molar-refractivity contribution < 1.29 is 9.59 Å². The van der Waals surface area contributed by atoms with E-state index >= 15 is 0 Å². The SMILES string of the molecule is CCN(Cc1ccccc1)C(=O)c1cc(C(=O)Nc2cccc(C#N)c2)ccn1. The van der Waals surface area contributed by atoms with Gasteiger partial charge in [0.05, 0.1) is 11.6 Å². The minimum atomic E-state index is -0.373. The predicted octanol–water partition coefficient (Wildman–Crippen LogP) is 3.87. The Labute approximate surface area is 169 Å². The van der Waals surface area contributed by atoms with Gasteiger partial charge in [0.2, 0.25) is 0 Å². The molecule has 6 nitrogen and oxygen atoms in total. The van der Waals surface area contributed by atoms with Crippen LogP contribution in [0.2, 0.25) is 0 Å². The third kappa shape index (κ3) is 5.05. The van der Waals surface area contributed by atoms with Gasteiger partial charge in [0.15, 0.2) is 0 Å². The summed E-state index contributed by atoms with van der Waals surface area (Å²) in [6.07, 6.45) is 1.45. The Morgan fingerprint density at radius 2 is 1.86 bits per heavy atom. The summed E-state index contributed by atoms with van der Waals surface area (Å²) in [6.45, 7) is 2.89. The van der Waals surface area contributed by atoms with Crippen LogP contribution >= 0.6 is 0 Å². The zero-order valence-corrected chi connectivity index (χ0v) is 16.0. The van der Waals surface area contributed by atoms with Gasteiger partial charge in [0.25, 0.3) is 11.8 Å². The minimum Gasteiger partial charge on any atom is -0.333 e. The minimum absolute atomic E-state index is 0.209. The Kier molecular flexibility index (Phi) is 6.33. The normalized spacial score (nSPS) is 10.1. The fourth-order valence-corrected chi connectivity index (χ4v) is 2.85. The number of pyridine rings is 1. The number of carbonyl (C=O) groups is 2. The van der Waals surface area contributed by atoms with Gasteiger partial charge in [-0.3, -0.25) is 14.6 Å². The summed E-state index contributed by atoms with van der Waals surface area (Å²) in [7, 11) is 0. The number of nitriles is 1. The monoisotopic (exact) mass is 384 g/mol. The third-order valence-electron chi connectivity index (χ3n) is 4.38. The van der Waals surface area contributed by atoms with E-state index in [9.17, 15) is 9.59 Å². The molecule has 6 heteroatoms. The third-order valence-corrected chi connectivity index (χ3v) is 4.38. The van der Waals surface area contributed by atoms with Crippen LogP contribution in [-0.4, -0.2) is 28.2 Å². The van der Waals surface area contributed by atoms with E-state index in [-0.39, 0.29) is 17.5 Å². The van der Waals surface area contributed by atoms with Gasteiger partial charge in [0, 0.05) is 30.5 Å². The van der Waals surface area contributed by atoms with E-state index in [2.05, 4.69) is 10.3 Å². The van der Waals surface area contributed by atoms with Crippen LogP contribution in [0.5, 0.6) is 0 Å². The largest absolute Gasteiger partial charge is 0.333 e. The maximum atomic E-state index is 12.9. The average Bonchev–Trinajstić information content (AvgIpc) is 2.78. The van der Waals surface area contributed by atoms with E-state index in [0.717, 1.165) is 5.56 Å². The molecule has 0 atom stereocenters. The molecule has 1 N–H and O–H groups in total. The number of hydrogen-bond donors (Lipinski definition) is 1. The fourth-order valence-electron chi connectivity index (χ4n) is 2.85. The summed E-state index contributed by atoms with van der Waals surface area (Å²) in [6, 6.07) is 21.4. The van der Waals surface area contributed by atoms with Crippen molar-refractivity contribution in [1.82, 2.24) is 9.88 Å². The maximum Gasteiger partial charge on any atom is 0.272 e. The van der Waals surface area contributed by atoms with Gasteiger partial charge in [-0.15, -0.1) is 0 Å². The van der Waals surface area contributed by atoms with Gasteiger partial charge < -0.3 is 10.2 Å². The Morgan fingerprint density at radius 1 is 1.07 bits per heavy atom. The molecule has 0 radical (unpaired) electrons. The van der Waals surface area contributed by atoms with E-state index in [0.29, 0.717) is 29.9 Å². The number of benzene rings is 2. The predicted molar refractivity (Wildman–Crippen MR) is 110 cm³/mol. The van der Waals surface area contributed by atoms with Gasteiger partial charge >= 0.3 is 0 Å². The topological polar surface area (TPSA) is 86.1 Å². The number of hydrogen-bond acceptors (Lipinski definition) is 4. The molecule has 0 aliphatic carbocycles. The zero-order chi connectivity index (χ0) is 20.6. The summed E-state index contributed by atoms with van der Waals surface area (Å²) in [5.41, 5.74) is 2.52. The van der Waals surface area contributed by atoms with Crippen molar-refractivity contribution in [1.29, 1.82) is 5.26 Å². The summed E-state index contributed by atoms with van der Waals surface area (Å²) in [4.78, 5) is 31.3. The highest BCUT2D eigenvalue weighted by molar-refractivity contribution is 6.05. The molecule has 2 amide bonds. The second-order valence-corrected chi connectivity index (χ2v) is 6.38. The van der Waals surface area contributed by atoms with Gasteiger partial charge in [-0.25, -0.2) is 0 Å². The lowest BCUT2D eigenvalue weighted by Gasteiger charge is -2.20. The molecule has 1 heterocycles. The number of nitrogens with one attached hydrogen (secondary N) is 1. The van der Waals surface area contributed by atoms with Crippen LogP contribution < -0.4 is 5.32 Å². The smallest absolute Gasteiger partial charge is 0.272 e. The van der Waals surface area contributed by atoms with Crippen molar-refractivity contribution in [3.05, 3.63) is 95.3 Å². The van der Waals surface area contributed by atoms with E-state index < -0.39 is 0 Å². The molecule has 2 aromatic carbocycles. The number of amides is 2. The highest BCUT2D eigenvalue weighted by atomic mass is 16.2. The molecule has 0 saturated carbocycles. The van der Waals surface area contributed by atoms with Gasteiger partial charge in [-0.05, 0) is 42.8 Å². The van der Waals surface area contributed by atoms with Crippen molar-refractivity contribution in [2.24, 2.45) is 0 Å². The second-order valence-electron chi connectivity index (χ2n) is 6.38. The van der Waals surface area contributed by atoms with Crippen molar-refractivity contribution >= 4 is 17.5 Å². The van der Waals surface area contributed by atoms with E-state index in [1.54, 1.807) is 35.2 Å². The second kappa shape index (κ2) is 9.29. The molecule has 3 aromatic rings. The van der Waals surface area contributed by atoms with E-state index in [4.69, 9.17) is 5.26 Å².